The normalized spacial score (nSPS) is 33.5. The van der Waals surface area contributed by atoms with Crippen molar-refractivity contribution in [1.82, 2.24) is 34.1 Å². The number of anilines is 1. The predicted molar refractivity (Wildman–Crippen MR) is 225 cm³/mol. The molecule has 4 bridgehead atoms. The lowest BCUT2D eigenvalue weighted by Crippen LogP contribution is -2.62. The highest BCUT2D eigenvalue weighted by Crippen LogP contribution is 2.59. The maximum absolute atomic E-state index is 15.6. The molecule has 0 saturated carbocycles. The number of H-pyrrole nitrogens is 1. The van der Waals surface area contributed by atoms with E-state index >= 15 is 4.39 Å². The van der Waals surface area contributed by atoms with Crippen LogP contribution in [0.25, 0.3) is 22.2 Å². The minimum absolute atomic E-state index is 0.109. The SMILES string of the molecule is CC(C)[Si](O)(O[Si](O[C@H]1[C@H]2OP(=O)(O)OC[C@@]34CO[C@@H](C(n5cnc6c(N)ncnc65)O3)[C@@H]4OP(O)(=S)OC[C@H]1O[C@H]2n1cc(F)c2c(=O)[nH]cnc21)(C(C)C)C(C)C)C(C)C. The molecule has 4 aliphatic heterocycles. The van der Waals surface area contributed by atoms with Crippen LogP contribution < -0.4 is 11.3 Å². The lowest BCUT2D eigenvalue weighted by molar-refractivity contribution is -0.184. The highest BCUT2D eigenvalue weighted by molar-refractivity contribution is 8.07. The number of fused-ring (bicyclic) bond motifs is 4. The van der Waals surface area contributed by atoms with Crippen LogP contribution in [0.2, 0.25) is 22.2 Å². The van der Waals surface area contributed by atoms with Gasteiger partial charge in [0.1, 0.15) is 53.4 Å². The summed E-state index contributed by atoms with van der Waals surface area (Å²) >= 11 is 5.60. The Kier molecular flexibility index (Phi) is 12.2. The quantitative estimate of drug-likeness (QED) is 0.111. The van der Waals surface area contributed by atoms with Crippen LogP contribution in [-0.4, -0.2) is 122 Å². The molecule has 3 unspecified atom stereocenters. The van der Waals surface area contributed by atoms with Crippen LogP contribution in [0, 0.1) is 5.82 Å². The number of rotatable bonds is 10. The first-order valence-electron chi connectivity index (χ1n) is 20.1. The predicted octanol–water partition coefficient (Wildman–Crippen LogP) is 3.90. The van der Waals surface area contributed by atoms with Crippen molar-refractivity contribution in [2.45, 2.75) is 126 Å². The van der Waals surface area contributed by atoms with E-state index in [0.29, 0.717) is 0 Å². The Balaban J connectivity index is 1.22. The topological polar surface area (TPSA) is 281 Å². The van der Waals surface area contributed by atoms with Gasteiger partial charge in [-0.25, -0.2) is 28.9 Å². The highest BCUT2D eigenvalue weighted by Gasteiger charge is 2.66. The number of nitrogens with one attached hydrogen (secondary N) is 1. The van der Waals surface area contributed by atoms with E-state index in [1.807, 2.05) is 55.4 Å². The number of nitrogens with zero attached hydrogens (tertiary/aromatic N) is 6. The number of phosphoric acid groups is 1. The van der Waals surface area contributed by atoms with Crippen molar-refractivity contribution in [3.05, 3.63) is 41.3 Å². The second-order valence-corrected chi connectivity index (χ2v) is 30.0. The Morgan fingerprint density at radius 3 is 2.35 bits per heavy atom. The molecular weight excluding hydrogens is 914 g/mol. The van der Waals surface area contributed by atoms with Gasteiger partial charge in [0.25, 0.3) is 5.56 Å². The molecule has 22 nitrogen and oxygen atoms in total. The van der Waals surface area contributed by atoms with Gasteiger partial charge in [0, 0.05) is 6.20 Å². The summed E-state index contributed by atoms with van der Waals surface area (Å²) in [6.45, 7) is 9.19. The van der Waals surface area contributed by atoms with Crippen molar-refractivity contribution in [2.75, 3.05) is 25.6 Å². The van der Waals surface area contributed by atoms with Gasteiger partial charge in [0.2, 0.25) is 0 Å². The fourth-order valence-corrected chi connectivity index (χ4v) is 21.1. The molecule has 10 atom stereocenters. The van der Waals surface area contributed by atoms with Gasteiger partial charge < -0.3 is 57.1 Å². The van der Waals surface area contributed by atoms with E-state index in [2.05, 4.69) is 24.9 Å². The zero-order chi connectivity index (χ0) is 44.9. The number of nitrogen functional groups attached to an aromatic ring is 1. The summed E-state index contributed by atoms with van der Waals surface area (Å²) < 4.78 is 90.1. The number of imidazole rings is 1. The summed E-state index contributed by atoms with van der Waals surface area (Å²) in [5.74, 6) is -0.863. The third-order valence-electron chi connectivity index (χ3n) is 12.0. The summed E-state index contributed by atoms with van der Waals surface area (Å²) in [7, 11) is -12.6. The molecule has 0 aromatic carbocycles. The number of phosphoric ester groups is 1. The molecule has 0 spiro atoms. The van der Waals surface area contributed by atoms with Crippen molar-refractivity contribution >= 4 is 71.5 Å². The van der Waals surface area contributed by atoms with Crippen molar-refractivity contribution in [1.29, 1.82) is 0 Å². The van der Waals surface area contributed by atoms with Crippen molar-refractivity contribution < 1.29 is 64.4 Å². The third-order valence-corrected chi connectivity index (χ3v) is 24.3. The van der Waals surface area contributed by atoms with Gasteiger partial charge in [0.05, 0.1) is 32.5 Å². The number of ether oxygens (including phenoxy) is 3. The molecule has 4 saturated heterocycles. The lowest BCUT2D eigenvalue weighted by Gasteiger charge is -2.47. The van der Waals surface area contributed by atoms with Crippen LogP contribution in [-0.2, 0) is 57.2 Å². The zero-order valence-corrected chi connectivity index (χ0v) is 39.7. The fourth-order valence-electron chi connectivity index (χ4n) is 8.78. The lowest BCUT2D eigenvalue weighted by atomic mass is 10.0. The molecule has 4 aliphatic rings. The van der Waals surface area contributed by atoms with E-state index in [-0.39, 0.29) is 51.4 Å². The fraction of sp³-hybridized carbons (Fsp3) is 0.676. The van der Waals surface area contributed by atoms with E-state index in [9.17, 15) is 23.9 Å². The number of aromatic nitrogens is 7. The number of nitrogens with two attached hydrogens (primary N) is 1. The molecule has 4 fully saturated rings. The van der Waals surface area contributed by atoms with Gasteiger partial charge in [-0.3, -0.25) is 22.9 Å². The Hall–Kier alpha value is -2.47. The van der Waals surface area contributed by atoms with Gasteiger partial charge in [-0.05, 0) is 34.0 Å². The monoisotopic (exact) mass is 964 g/mol. The van der Waals surface area contributed by atoms with Crippen molar-refractivity contribution in [2.24, 2.45) is 0 Å². The largest absolute Gasteiger partial charge is 0.472 e. The summed E-state index contributed by atoms with van der Waals surface area (Å²) in [5.41, 5.74) is 2.63. The molecule has 8 heterocycles. The van der Waals surface area contributed by atoms with E-state index < -0.39 is 110 Å². The molecule has 0 amide bonds. The average molecular weight is 965 g/mol. The van der Waals surface area contributed by atoms with E-state index in [1.165, 1.54) is 17.2 Å². The summed E-state index contributed by atoms with van der Waals surface area (Å²) in [6.07, 6.45) is -4.63. The number of hydrogen-bond acceptors (Lipinski definition) is 18. The molecule has 4 aromatic heterocycles. The van der Waals surface area contributed by atoms with Gasteiger partial charge in [-0.1, -0.05) is 55.4 Å². The Bertz CT molecular complexity index is 2480. The van der Waals surface area contributed by atoms with Crippen LogP contribution in [0.4, 0.5) is 10.2 Å². The standard InChI is InChI=1S/C34H51FN8O14P2SSi2/c1-16(2)61(48,17(3)4)57-62(18(5)6,19(7)8)56-24-21-10-50-59(47,60)55-27-26-33(43-15-41-23-28(36)37-13-39-30(23)43)53-34(27,11-49-26)12-51-58(45,46)54-25(24)32(52-21)42-9-20(35)22-29(42)38-14-40-31(22)44/h9,13-19,21,24-27,32-33,48H,10-12H2,1-8H3,(H,45,46)(H,47,60)(H2,36,37,39)(H,38,40,44)/t21-,24-,25-,26-,27+,32-,33?,34-,59?/m1/s1. The van der Waals surface area contributed by atoms with Gasteiger partial charge in [-0.2, -0.15) is 0 Å². The molecule has 6 N–H and O–H groups in total. The molecule has 0 aliphatic carbocycles. The van der Waals surface area contributed by atoms with E-state index in [0.717, 1.165) is 17.1 Å². The third kappa shape index (κ3) is 7.80. The molecule has 62 heavy (non-hydrogen) atoms. The molecule has 8 rings (SSSR count). The van der Waals surface area contributed by atoms with Crippen molar-refractivity contribution in [3.63, 3.8) is 0 Å². The molecule has 4 aromatic rings. The van der Waals surface area contributed by atoms with Crippen molar-refractivity contribution in [3.8, 4) is 0 Å². The maximum Gasteiger partial charge on any atom is 0.472 e. The minimum Gasteiger partial charge on any atom is -0.414 e. The second-order valence-electron chi connectivity index (χ2n) is 17.2. The second kappa shape index (κ2) is 16.4. The summed E-state index contributed by atoms with van der Waals surface area (Å²) in [5, 5.41) is -0.417. The number of hydrogen-bond donors (Lipinski definition) is 5. The number of halogens is 1. The minimum atomic E-state index is -5.28. The van der Waals surface area contributed by atoms with Crippen LogP contribution in [0.15, 0.2) is 30.0 Å². The molecule has 0 radical (unpaired) electrons. The summed E-state index contributed by atoms with van der Waals surface area (Å²) in [4.78, 5) is 67.7. The van der Waals surface area contributed by atoms with Crippen LogP contribution in [0.5, 0.6) is 0 Å². The first-order valence-corrected chi connectivity index (χ1v) is 28.1. The van der Waals surface area contributed by atoms with E-state index in [4.69, 9.17) is 58.4 Å². The van der Waals surface area contributed by atoms with Gasteiger partial charge in [0.15, 0.2) is 35.4 Å². The van der Waals surface area contributed by atoms with E-state index in [1.54, 1.807) is 0 Å². The molecule has 28 heteroatoms. The van der Waals surface area contributed by atoms with Gasteiger partial charge in [-0.15, -0.1) is 0 Å². The smallest absolute Gasteiger partial charge is 0.414 e. The average Bonchev–Trinajstić information content (AvgIpc) is 4.00. The maximum atomic E-state index is 15.6. The first-order chi connectivity index (χ1) is 29.0. The molecular formula is C34H51FN8O14P2SSi2. The highest BCUT2D eigenvalue weighted by atomic mass is 32.5. The Labute approximate surface area is 361 Å². The first kappa shape index (κ1) is 46.1. The Morgan fingerprint density at radius 1 is 0.968 bits per heavy atom. The zero-order valence-electron chi connectivity index (χ0n) is 35.1. The molecule has 342 valence electrons. The summed E-state index contributed by atoms with van der Waals surface area (Å²) in [6, 6.07) is 0. The Morgan fingerprint density at radius 2 is 1.68 bits per heavy atom. The van der Waals surface area contributed by atoms with Crippen LogP contribution >= 0.6 is 14.5 Å². The van der Waals surface area contributed by atoms with Gasteiger partial charge >= 0.3 is 31.7 Å². The van der Waals surface area contributed by atoms with Crippen LogP contribution in [0.1, 0.15) is 67.8 Å². The van der Waals surface area contributed by atoms with Crippen LogP contribution in [0.3, 0.4) is 0 Å². The number of aromatic amines is 1.